The van der Waals surface area contributed by atoms with Crippen molar-refractivity contribution in [2.45, 2.75) is 17.9 Å². The number of H-pyrrole nitrogens is 1. The molecule has 0 saturated heterocycles. The maximum absolute atomic E-state index is 11.2. The number of carbonyl (C=O) groups excluding carboxylic acids is 1. The lowest BCUT2D eigenvalue weighted by atomic mass is 10.2. The summed E-state index contributed by atoms with van der Waals surface area (Å²) in [6.07, 6.45) is 3.88. The summed E-state index contributed by atoms with van der Waals surface area (Å²) in [5.74, 6) is -0.324. The standard InChI is InChI=1S/C8H11N3O2/c1-13-7(12)8(9)2-5(8)6-3-10-4-11-6/h3-5H,2,9H2,1H3,(H,10,11)/t5-,8-/m0/s1. The third-order valence-electron chi connectivity index (χ3n) is 2.46. The predicted molar refractivity (Wildman–Crippen MR) is 44.9 cm³/mol. The molecule has 5 heteroatoms. The number of rotatable bonds is 2. The molecule has 1 heterocycles. The zero-order chi connectivity index (χ0) is 9.47. The number of hydrogen-bond donors (Lipinski definition) is 2. The Balaban J connectivity index is 2.14. The fraction of sp³-hybridized carbons (Fsp3) is 0.500. The molecule has 70 valence electrons. The highest BCUT2D eigenvalue weighted by Gasteiger charge is 2.59. The molecule has 0 bridgehead atoms. The molecule has 3 N–H and O–H groups in total. The lowest BCUT2D eigenvalue weighted by Gasteiger charge is -2.06. The minimum Gasteiger partial charge on any atom is -0.468 e. The average molecular weight is 181 g/mol. The summed E-state index contributed by atoms with van der Waals surface area (Å²) in [5.41, 5.74) is 5.88. The molecule has 0 unspecified atom stereocenters. The van der Waals surface area contributed by atoms with Crippen LogP contribution in [0.15, 0.2) is 12.5 Å². The largest absolute Gasteiger partial charge is 0.468 e. The Morgan fingerprint density at radius 3 is 3.23 bits per heavy atom. The highest BCUT2D eigenvalue weighted by Crippen LogP contribution is 2.49. The van der Waals surface area contributed by atoms with E-state index in [2.05, 4.69) is 14.7 Å². The third-order valence-corrected chi connectivity index (χ3v) is 2.46. The first kappa shape index (κ1) is 8.25. The van der Waals surface area contributed by atoms with Crippen LogP contribution in [0.4, 0.5) is 0 Å². The lowest BCUT2D eigenvalue weighted by molar-refractivity contribution is -0.143. The summed E-state index contributed by atoms with van der Waals surface area (Å²) >= 11 is 0. The van der Waals surface area contributed by atoms with Crippen LogP contribution in [0.2, 0.25) is 0 Å². The van der Waals surface area contributed by atoms with Crippen molar-refractivity contribution in [1.82, 2.24) is 9.97 Å². The van der Waals surface area contributed by atoms with Crippen LogP contribution in [0, 0.1) is 0 Å². The van der Waals surface area contributed by atoms with E-state index in [0.717, 1.165) is 5.69 Å². The van der Waals surface area contributed by atoms with Crippen LogP contribution in [-0.2, 0) is 9.53 Å². The number of esters is 1. The van der Waals surface area contributed by atoms with Gasteiger partial charge in [0.15, 0.2) is 0 Å². The molecule has 1 aromatic rings. The van der Waals surface area contributed by atoms with Crippen LogP contribution in [0.3, 0.4) is 0 Å². The van der Waals surface area contributed by atoms with Gasteiger partial charge in [-0.05, 0) is 6.42 Å². The molecule has 5 nitrogen and oxygen atoms in total. The molecule has 1 fully saturated rings. The van der Waals surface area contributed by atoms with E-state index in [4.69, 9.17) is 5.73 Å². The van der Waals surface area contributed by atoms with Crippen molar-refractivity contribution in [3.63, 3.8) is 0 Å². The molecule has 2 rings (SSSR count). The fourth-order valence-electron chi connectivity index (χ4n) is 1.54. The maximum atomic E-state index is 11.2. The van der Waals surface area contributed by atoms with Gasteiger partial charge < -0.3 is 15.5 Å². The first-order chi connectivity index (χ1) is 6.18. The van der Waals surface area contributed by atoms with Crippen LogP contribution in [-0.4, -0.2) is 28.6 Å². The van der Waals surface area contributed by atoms with Crippen molar-refractivity contribution >= 4 is 5.97 Å². The van der Waals surface area contributed by atoms with Gasteiger partial charge in [-0.25, -0.2) is 4.98 Å². The van der Waals surface area contributed by atoms with Gasteiger partial charge in [0.05, 0.1) is 13.4 Å². The Labute approximate surface area is 75.3 Å². The average Bonchev–Trinajstić information content (AvgIpc) is 2.65. The molecular formula is C8H11N3O2. The van der Waals surface area contributed by atoms with Crippen LogP contribution in [0.5, 0.6) is 0 Å². The summed E-state index contributed by atoms with van der Waals surface area (Å²) in [6.45, 7) is 0. The molecule has 0 spiro atoms. The van der Waals surface area contributed by atoms with Gasteiger partial charge in [-0.15, -0.1) is 0 Å². The van der Waals surface area contributed by atoms with E-state index in [-0.39, 0.29) is 11.9 Å². The number of carbonyl (C=O) groups is 1. The molecule has 13 heavy (non-hydrogen) atoms. The summed E-state index contributed by atoms with van der Waals surface area (Å²) in [7, 11) is 1.35. The minimum atomic E-state index is -0.832. The second-order valence-corrected chi connectivity index (χ2v) is 3.30. The van der Waals surface area contributed by atoms with Crippen molar-refractivity contribution < 1.29 is 9.53 Å². The molecule has 1 aromatic heterocycles. The predicted octanol–water partition coefficient (Wildman–Crippen LogP) is -0.233. The quantitative estimate of drug-likeness (QED) is 0.617. The van der Waals surface area contributed by atoms with Crippen molar-refractivity contribution in [2.75, 3.05) is 7.11 Å². The Bertz CT molecular complexity index is 322. The zero-order valence-corrected chi connectivity index (χ0v) is 7.28. The van der Waals surface area contributed by atoms with E-state index >= 15 is 0 Å². The molecule has 0 radical (unpaired) electrons. The molecule has 1 saturated carbocycles. The number of imidazole rings is 1. The molecule has 1 aliphatic carbocycles. The Morgan fingerprint density at radius 2 is 2.69 bits per heavy atom. The Morgan fingerprint density at radius 1 is 1.92 bits per heavy atom. The van der Waals surface area contributed by atoms with Gasteiger partial charge in [0.1, 0.15) is 5.54 Å². The second-order valence-electron chi connectivity index (χ2n) is 3.30. The van der Waals surface area contributed by atoms with Crippen LogP contribution < -0.4 is 5.73 Å². The topological polar surface area (TPSA) is 81.0 Å². The summed E-state index contributed by atoms with van der Waals surface area (Å²) in [4.78, 5) is 18.0. The van der Waals surface area contributed by atoms with Crippen molar-refractivity contribution in [3.8, 4) is 0 Å². The Kier molecular flexibility index (Phi) is 1.63. The Hall–Kier alpha value is -1.36. The fourth-order valence-corrected chi connectivity index (χ4v) is 1.54. The van der Waals surface area contributed by atoms with E-state index in [0.29, 0.717) is 6.42 Å². The number of methoxy groups -OCH3 is 1. The van der Waals surface area contributed by atoms with E-state index in [1.165, 1.54) is 7.11 Å². The van der Waals surface area contributed by atoms with Gasteiger partial charge in [0.2, 0.25) is 0 Å². The van der Waals surface area contributed by atoms with Gasteiger partial charge >= 0.3 is 5.97 Å². The smallest absolute Gasteiger partial charge is 0.326 e. The van der Waals surface area contributed by atoms with Gasteiger partial charge in [-0.3, -0.25) is 4.79 Å². The van der Waals surface area contributed by atoms with Crippen molar-refractivity contribution in [3.05, 3.63) is 18.2 Å². The van der Waals surface area contributed by atoms with Crippen LogP contribution in [0.1, 0.15) is 18.0 Å². The molecule has 0 amide bonds. The first-order valence-corrected chi connectivity index (χ1v) is 4.04. The molecule has 1 aliphatic rings. The van der Waals surface area contributed by atoms with Gasteiger partial charge in [-0.1, -0.05) is 0 Å². The first-order valence-electron chi connectivity index (χ1n) is 4.04. The number of nitrogens with zero attached hydrogens (tertiary/aromatic N) is 1. The SMILES string of the molecule is COC(=O)[C@]1(N)C[C@H]1c1cnc[nH]1. The highest BCUT2D eigenvalue weighted by molar-refractivity contribution is 5.86. The van der Waals surface area contributed by atoms with Crippen LogP contribution >= 0.6 is 0 Å². The van der Waals surface area contributed by atoms with Gasteiger partial charge in [0, 0.05) is 17.8 Å². The highest BCUT2D eigenvalue weighted by atomic mass is 16.5. The summed E-state index contributed by atoms with van der Waals surface area (Å²) in [5, 5.41) is 0. The third kappa shape index (κ3) is 1.12. The molecule has 0 aliphatic heterocycles. The van der Waals surface area contributed by atoms with E-state index < -0.39 is 5.54 Å². The van der Waals surface area contributed by atoms with Gasteiger partial charge in [0.25, 0.3) is 0 Å². The van der Waals surface area contributed by atoms with Gasteiger partial charge in [-0.2, -0.15) is 0 Å². The van der Waals surface area contributed by atoms with Crippen molar-refractivity contribution in [2.24, 2.45) is 5.73 Å². The molecular weight excluding hydrogens is 170 g/mol. The number of ether oxygens (including phenoxy) is 1. The number of aromatic nitrogens is 2. The molecule has 0 aromatic carbocycles. The van der Waals surface area contributed by atoms with E-state index in [1.807, 2.05) is 0 Å². The summed E-state index contributed by atoms with van der Waals surface area (Å²) < 4.78 is 4.61. The van der Waals surface area contributed by atoms with Crippen molar-refractivity contribution in [1.29, 1.82) is 0 Å². The van der Waals surface area contributed by atoms with E-state index in [9.17, 15) is 4.79 Å². The number of nitrogens with one attached hydrogen (secondary N) is 1. The zero-order valence-electron chi connectivity index (χ0n) is 7.28. The molecule has 2 atom stereocenters. The van der Waals surface area contributed by atoms with Crippen LogP contribution in [0.25, 0.3) is 0 Å². The maximum Gasteiger partial charge on any atom is 0.326 e. The minimum absolute atomic E-state index is 0.0300. The number of aromatic amines is 1. The number of hydrogen-bond acceptors (Lipinski definition) is 4. The van der Waals surface area contributed by atoms with E-state index in [1.54, 1.807) is 12.5 Å². The number of nitrogens with two attached hydrogens (primary N) is 1. The monoisotopic (exact) mass is 181 g/mol. The second kappa shape index (κ2) is 2.56. The normalized spacial score (nSPS) is 31.4. The lowest BCUT2D eigenvalue weighted by Crippen LogP contribution is -2.35. The summed E-state index contributed by atoms with van der Waals surface area (Å²) in [6, 6.07) is 0.